The number of amides is 3. The smallest absolute Gasteiger partial charge is 0.338 e. The Morgan fingerprint density at radius 2 is 1.68 bits per heavy atom. The van der Waals surface area contributed by atoms with Crippen molar-refractivity contribution < 1.29 is 9.59 Å². The maximum Gasteiger partial charge on any atom is 0.354 e. The molecule has 6 rings (SSSR count). The molecule has 40 heavy (non-hydrogen) atoms. The van der Waals surface area contributed by atoms with Gasteiger partial charge in [0.05, 0.1) is 11.2 Å². The third-order valence-electron chi connectivity index (χ3n) is 8.71. The van der Waals surface area contributed by atoms with Gasteiger partial charge in [-0.25, -0.2) is 9.59 Å². The number of anilines is 1. The number of benzene rings is 1. The molecule has 3 aliphatic carbocycles. The maximum absolute atomic E-state index is 12.8. The summed E-state index contributed by atoms with van der Waals surface area (Å²) in [6.45, 7) is 10.4. The SMILES string of the molecule is CCN(C(C)Cc1ccc(-n2ccc(NC(=O)N3CCN(C(=O)C(C)(C)N)CC3)nc2=O)cc1)C12CC(N)(C1)C2. The highest BCUT2D eigenvalue weighted by molar-refractivity contribution is 5.89. The Bertz CT molecular complexity index is 1300. The van der Waals surface area contributed by atoms with Gasteiger partial charge in [0.2, 0.25) is 5.91 Å². The molecule has 3 saturated carbocycles. The third-order valence-corrected chi connectivity index (χ3v) is 8.71. The van der Waals surface area contributed by atoms with Crippen molar-refractivity contribution in [3.05, 3.63) is 52.6 Å². The van der Waals surface area contributed by atoms with Crippen molar-refractivity contribution in [3.8, 4) is 5.69 Å². The molecule has 0 radical (unpaired) electrons. The molecule has 2 heterocycles. The zero-order valence-corrected chi connectivity index (χ0v) is 24.0. The molecule has 0 spiro atoms. The Morgan fingerprint density at radius 1 is 1.07 bits per heavy atom. The monoisotopic (exact) mass is 550 g/mol. The molecule has 1 atom stereocenters. The molecule has 11 nitrogen and oxygen atoms in total. The number of piperazine rings is 1. The van der Waals surface area contributed by atoms with E-state index < -0.39 is 11.2 Å². The maximum atomic E-state index is 12.8. The number of carbonyl (C=O) groups excluding carboxylic acids is 2. The fourth-order valence-electron chi connectivity index (χ4n) is 6.85. The average molecular weight is 551 g/mol. The summed E-state index contributed by atoms with van der Waals surface area (Å²) in [5.41, 5.74) is 13.1. The highest BCUT2D eigenvalue weighted by atomic mass is 16.2. The zero-order valence-electron chi connectivity index (χ0n) is 24.0. The fraction of sp³-hybridized carbons (Fsp3) is 0.586. The van der Waals surface area contributed by atoms with E-state index in [1.807, 2.05) is 12.1 Å². The fourth-order valence-corrected chi connectivity index (χ4v) is 6.85. The van der Waals surface area contributed by atoms with Gasteiger partial charge in [-0.15, -0.1) is 0 Å². The summed E-state index contributed by atoms with van der Waals surface area (Å²) < 4.78 is 1.46. The number of rotatable bonds is 8. The van der Waals surface area contributed by atoms with Crippen molar-refractivity contribution in [2.45, 2.75) is 76.0 Å². The van der Waals surface area contributed by atoms with Gasteiger partial charge in [-0.2, -0.15) is 4.98 Å². The van der Waals surface area contributed by atoms with Crippen LogP contribution in [0.15, 0.2) is 41.3 Å². The number of urea groups is 1. The minimum atomic E-state index is -0.947. The van der Waals surface area contributed by atoms with Crippen LogP contribution in [0.5, 0.6) is 0 Å². The lowest BCUT2D eigenvalue weighted by Crippen LogP contribution is -2.83. The lowest BCUT2D eigenvalue weighted by molar-refractivity contribution is -0.172. The van der Waals surface area contributed by atoms with Gasteiger partial charge in [-0.1, -0.05) is 19.1 Å². The molecular weight excluding hydrogens is 508 g/mol. The molecule has 1 unspecified atom stereocenters. The third kappa shape index (κ3) is 5.37. The molecule has 3 amide bonds. The van der Waals surface area contributed by atoms with E-state index in [0.717, 1.165) is 32.2 Å². The normalized spacial score (nSPS) is 24.8. The molecule has 11 heteroatoms. The quantitative estimate of drug-likeness (QED) is 0.452. The average Bonchev–Trinajstić information content (AvgIpc) is 2.87. The zero-order chi connectivity index (χ0) is 28.9. The Labute approximate surface area is 235 Å². The van der Waals surface area contributed by atoms with Crippen LogP contribution >= 0.6 is 0 Å². The van der Waals surface area contributed by atoms with Crippen molar-refractivity contribution in [2.75, 3.05) is 38.0 Å². The van der Waals surface area contributed by atoms with Crippen molar-refractivity contribution in [1.82, 2.24) is 24.3 Å². The van der Waals surface area contributed by atoms with Gasteiger partial charge >= 0.3 is 11.7 Å². The molecule has 2 aromatic rings. The van der Waals surface area contributed by atoms with Gasteiger partial charge in [0.1, 0.15) is 5.82 Å². The summed E-state index contributed by atoms with van der Waals surface area (Å²) in [6.07, 6.45) is 5.86. The minimum Gasteiger partial charge on any atom is -0.338 e. The van der Waals surface area contributed by atoms with Crippen LogP contribution in [0, 0.1) is 0 Å². The highest BCUT2D eigenvalue weighted by Crippen LogP contribution is 2.62. The van der Waals surface area contributed by atoms with Crippen LogP contribution in [0.1, 0.15) is 52.5 Å². The van der Waals surface area contributed by atoms with E-state index in [1.54, 1.807) is 35.9 Å². The van der Waals surface area contributed by atoms with Crippen molar-refractivity contribution >= 4 is 17.8 Å². The molecular formula is C29H42N8O3. The molecule has 4 fully saturated rings. The highest BCUT2D eigenvalue weighted by Gasteiger charge is 2.68. The summed E-state index contributed by atoms with van der Waals surface area (Å²) in [7, 11) is 0. The van der Waals surface area contributed by atoms with Crippen molar-refractivity contribution in [3.63, 3.8) is 0 Å². The van der Waals surface area contributed by atoms with Gasteiger partial charge in [0.25, 0.3) is 0 Å². The number of hydrogen-bond acceptors (Lipinski definition) is 7. The Balaban J connectivity index is 1.16. The second-order valence-electron chi connectivity index (χ2n) is 12.5. The van der Waals surface area contributed by atoms with Gasteiger partial charge in [0.15, 0.2) is 0 Å². The summed E-state index contributed by atoms with van der Waals surface area (Å²) in [5, 5.41) is 2.70. The summed E-state index contributed by atoms with van der Waals surface area (Å²) in [5.74, 6) is 0.0453. The number of carbonyl (C=O) groups is 2. The molecule has 5 N–H and O–H groups in total. The van der Waals surface area contributed by atoms with E-state index in [-0.39, 0.29) is 23.3 Å². The van der Waals surface area contributed by atoms with E-state index in [0.29, 0.717) is 43.4 Å². The first kappa shape index (κ1) is 28.3. The van der Waals surface area contributed by atoms with Crippen LogP contribution < -0.4 is 22.5 Å². The number of nitrogens with zero attached hydrogens (tertiary/aromatic N) is 5. The molecule has 4 aliphatic rings. The first-order valence-electron chi connectivity index (χ1n) is 14.2. The number of likely N-dealkylation sites (N-methyl/N-ethyl adjacent to an activating group) is 1. The van der Waals surface area contributed by atoms with Crippen LogP contribution in [0.4, 0.5) is 10.6 Å². The minimum absolute atomic E-state index is 0.0910. The van der Waals surface area contributed by atoms with Crippen molar-refractivity contribution in [1.29, 1.82) is 0 Å². The lowest BCUT2D eigenvalue weighted by Gasteiger charge is -2.73. The van der Waals surface area contributed by atoms with Gasteiger partial charge in [-0.05, 0) is 76.8 Å². The van der Waals surface area contributed by atoms with E-state index in [2.05, 4.69) is 41.2 Å². The van der Waals surface area contributed by atoms with Crippen LogP contribution in [-0.2, 0) is 11.2 Å². The largest absolute Gasteiger partial charge is 0.354 e. The van der Waals surface area contributed by atoms with Crippen LogP contribution in [0.3, 0.4) is 0 Å². The Hall–Kier alpha value is -3.28. The molecule has 1 aromatic heterocycles. The predicted octanol–water partition coefficient (Wildman–Crippen LogP) is 1.53. The van der Waals surface area contributed by atoms with E-state index >= 15 is 0 Å². The number of nitrogens with one attached hydrogen (secondary N) is 1. The molecule has 216 valence electrons. The van der Waals surface area contributed by atoms with Crippen LogP contribution in [0.25, 0.3) is 5.69 Å². The summed E-state index contributed by atoms with van der Waals surface area (Å²) in [6, 6.07) is 9.64. The van der Waals surface area contributed by atoms with Gasteiger partial charge in [-0.3, -0.25) is 19.6 Å². The second kappa shape index (κ2) is 10.3. The molecule has 1 aliphatic heterocycles. The van der Waals surface area contributed by atoms with Crippen molar-refractivity contribution in [2.24, 2.45) is 11.5 Å². The first-order chi connectivity index (χ1) is 18.8. The van der Waals surface area contributed by atoms with E-state index in [4.69, 9.17) is 11.5 Å². The lowest BCUT2D eigenvalue weighted by atomic mass is 9.43. The topological polar surface area (TPSA) is 143 Å². The molecule has 1 saturated heterocycles. The van der Waals surface area contributed by atoms with Gasteiger partial charge in [0, 0.05) is 49.5 Å². The van der Waals surface area contributed by atoms with Crippen LogP contribution in [-0.4, -0.2) is 91.6 Å². The standard InChI is InChI=1S/C29H42N8O3/c1-5-37(29-17-28(31,18-29)19-29)20(2)16-21-6-8-22(9-7-21)36-11-10-23(33-26(36)40)32-25(39)35-14-12-34(13-15-35)24(38)27(3,4)30/h6-11,20H,5,12-19,30-31H2,1-4H3,(H,32,33,39,40). The van der Waals surface area contributed by atoms with E-state index in [1.165, 1.54) is 10.1 Å². The Morgan fingerprint density at radius 3 is 2.20 bits per heavy atom. The number of nitrogens with two attached hydrogens (primary N) is 2. The number of hydrogen-bond donors (Lipinski definition) is 3. The first-order valence-corrected chi connectivity index (χ1v) is 14.2. The Kier molecular flexibility index (Phi) is 7.26. The van der Waals surface area contributed by atoms with E-state index in [9.17, 15) is 14.4 Å². The van der Waals surface area contributed by atoms with Gasteiger partial charge < -0.3 is 21.3 Å². The molecule has 2 bridgehead atoms. The summed E-state index contributed by atoms with van der Waals surface area (Å²) >= 11 is 0. The molecule has 1 aromatic carbocycles. The predicted molar refractivity (Wildman–Crippen MR) is 154 cm³/mol. The summed E-state index contributed by atoms with van der Waals surface area (Å²) in [4.78, 5) is 47.8. The second-order valence-corrected chi connectivity index (χ2v) is 12.5. The van der Waals surface area contributed by atoms with Crippen LogP contribution in [0.2, 0.25) is 0 Å². The number of aromatic nitrogens is 2.